The highest BCUT2D eigenvalue weighted by Gasteiger charge is 2.22. The van der Waals surface area contributed by atoms with Gasteiger partial charge in [0.25, 0.3) is 0 Å². The molecule has 7 heteroatoms. The van der Waals surface area contributed by atoms with Gasteiger partial charge in [0.2, 0.25) is 11.8 Å². The molecule has 0 radical (unpaired) electrons. The average molecular weight is 408 g/mol. The Balaban J connectivity index is 1.22. The number of nitrogens with one attached hydrogen (secondary N) is 1. The molecule has 4 rings (SSSR count). The number of rotatable bonds is 6. The van der Waals surface area contributed by atoms with Crippen molar-refractivity contribution in [3.63, 3.8) is 0 Å². The van der Waals surface area contributed by atoms with E-state index in [1.165, 1.54) is 17.5 Å². The topological polar surface area (TPSA) is 57.6 Å². The third-order valence-corrected chi connectivity index (χ3v) is 5.45. The van der Waals surface area contributed by atoms with Crippen molar-refractivity contribution >= 4 is 28.4 Å². The second-order valence-corrected chi connectivity index (χ2v) is 7.53. The third-order valence-electron chi connectivity index (χ3n) is 5.45. The number of anilines is 1. The summed E-state index contributed by atoms with van der Waals surface area (Å²) < 4.78 is 15.3. The Morgan fingerprint density at radius 2 is 1.77 bits per heavy atom. The number of aryl methyl sites for hydroxylation is 1. The Bertz CT molecular complexity index is 1040. The Labute approximate surface area is 174 Å². The van der Waals surface area contributed by atoms with Crippen LogP contribution in [0.1, 0.15) is 6.42 Å². The average Bonchev–Trinajstić information content (AvgIpc) is 3.15. The van der Waals surface area contributed by atoms with Crippen molar-refractivity contribution in [2.24, 2.45) is 0 Å². The molecule has 1 fully saturated rings. The van der Waals surface area contributed by atoms with E-state index >= 15 is 0 Å². The summed E-state index contributed by atoms with van der Waals surface area (Å²) in [5.74, 6) is -0.427. The highest BCUT2D eigenvalue weighted by atomic mass is 19.1. The van der Waals surface area contributed by atoms with Crippen LogP contribution in [0.25, 0.3) is 10.9 Å². The van der Waals surface area contributed by atoms with Crippen LogP contribution in [0.15, 0.2) is 60.8 Å². The molecule has 0 unspecified atom stereocenters. The fourth-order valence-electron chi connectivity index (χ4n) is 3.84. The summed E-state index contributed by atoms with van der Waals surface area (Å²) in [5.41, 5.74) is 1.59. The van der Waals surface area contributed by atoms with Gasteiger partial charge >= 0.3 is 0 Å². The molecule has 30 heavy (non-hydrogen) atoms. The van der Waals surface area contributed by atoms with Crippen molar-refractivity contribution in [1.29, 1.82) is 0 Å². The van der Waals surface area contributed by atoms with Crippen LogP contribution >= 0.6 is 0 Å². The molecule has 0 spiro atoms. The number of hydrogen-bond donors (Lipinski definition) is 1. The number of fused-ring (bicyclic) bond motifs is 1. The number of benzene rings is 2. The van der Waals surface area contributed by atoms with Crippen LogP contribution in [-0.4, -0.2) is 58.9 Å². The molecule has 0 aliphatic carbocycles. The summed E-state index contributed by atoms with van der Waals surface area (Å²) in [4.78, 5) is 28.7. The summed E-state index contributed by atoms with van der Waals surface area (Å²) in [6.45, 7) is 3.40. The minimum Gasteiger partial charge on any atom is -0.347 e. The van der Waals surface area contributed by atoms with Gasteiger partial charge in [-0.05, 0) is 35.7 Å². The number of nitrogens with zero attached hydrogens (tertiary/aromatic N) is 3. The maximum Gasteiger partial charge on any atom is 0.238 e. The lowest BCUT2D eigenvalue weighted by atomic mass is 10.2. The fraction of sp³-hybridized carbons (Fsp3) is 0.304. The predicted octanol–water partition coefficient (Wildman–Crippen LogP) is 2.95. The summed E-state index contributed by atoms with van der Waals surface area (Å²) in [6, 6.07) is 16.1. The van der Waals surface area contributed by atoms with E-state index in [0.29, 0.717) is 44.8 Å². The minimum atomic E-state index is -0.382. The molecular weight excluding hydrogens is 383 g/mol. The van der Waals surface area contributed by atoms with Crippen molar-refractivity contribution in [2.75, 3.05) is 38.0 Å². The number of carbonyl (C=O) groups is 2. The van der Waals surface area contributed by atoms with Gasteiger partial charge in [-0.2, -0.15) is 0 Å². The molecular formula is C23H25FN4O2. The van der Waals surface area contributed by atoms with Gasteiger partial charge in [0.15, 0.2) is 0 Å². The lowest BCUT2D eigenvalue weighted by Crippen LogP contribution is -2.50. The van der Waals surface area contributed by atoms with Crippen molar-refractivity contribution < 1.29 is 14.0 Å². The van der Waals surface area contributed by atoms with Crippen molar-refractivity contribution in [2.45, 2.75) is 13.0 Å². The van der Waals surface area contributed by atoms with Crippen molar-refractivity contribution in [3.8, 4) is 0 Å². The van der Waals surface area contributed by atoms with Crippen LogP contribution in [-0.2, 0) is 16.1 Å². The van der Waals surface area contributed by atoms with E-state index in [9.17, 15) is 14.0 Å². The SMILES string of the molecule is O=C(CN1CCN(C(=O)CCn2ccc3ccccc32)CC1)Nc1cccc(F)c1. The zero-order valence-electron chi connectivity index (χ0n) is 16.8. The maximum atomic E-state index is 13.2. The molecule has 1 aliphatic rings. The van der Waals surface area contributed by atoms with E-state index < -0.39 is 0 Å². The summed E-state index contributed by atoms with van der Waals surface area (Å²) in [6.07, 6.45) is 2.48. The number of halogens is 1. The van der Waals surface area contributed by atoms with Gasteiger partial charge in [-0.25, -0.2) is 4.39 Å². The quantitative estimate of drug-likeness (QED) is 0.682. The second-order valence-electron chi connectivity index (χ2n) is 7.53. The van der Waals surface area contributed by atoms with Crippen LogP contribution in [0, 0.1) is 5.82 Å². The van der Waals surface area contributed by atoms with Crippen molar-refractivity contribution in [1.82, 2.24) is 14.4 Å². The van der Waals surface area contributed by atoms with Crippen LogP contribution in [0.5, 0.6) is 0 Å². The molecule has 2 amide bonds. The first-order chi connectivity index (χ1) is 14.6. The number of amides is 2. The Kier molecular flexibility index (Phi) is 6.09. The third kappa shape index (κ3) is 4.86. The Morgan fingerprint density at radius 3 is 2.57 bits per heavy atom. The number of aromatic nitrogens is 1. The van der Waals surface area contributed by atoms with E-state index in [1.807, 2.05) is 28.1 Å². The molecule has 2 aromatic carbocycles. The van der Waals surface area contributed by atoms with Gasteiger partial charge in [0.1, 0.15) is 5.82 Å². The zero-order chi connectivity index (χ0) is 20.9. The first-order valence-electron chi connectivity index (χ1n) is 10.2. The minimum absolute atomic E-state index is 0.136. The van der Waals surface area contributed by atoms with Gasteiger partial charge in [-0.1, -0.05) is 24.3 Å². The van der Waals surface area contributed by atoms with Gasteiger partial charge in [0.05, 0.1) is 6.54 Å². The highest BCUT2D eigenvalue weighted by Crippen LogP contribution is 2.16. The maximum absolute atomic E-state index is 13.2. The lowest BCUT2D eigenvalue weighted by Gasteiger charge is -2.34. The van der Waals surface area contributed by atoms with E-state index in [0.717, 1.165) is 5.52 Å². The first-order valence-corrected chi connectivity index (χ1v) is 10.2. The summed E-state index contributed by atoms with van der Waals surface area (Å²) in [7, 11) is 0. The first kappa shape index (κ1) is 20.1. The molecule has 1 N–H and O–H groups in total. The van der Waals surface area contributed by atoms with E-state index in [2.05, 4.69) is 28.1 Å². The monoisotopic (exact) mass is 408 g/mol. The predicted molar refractivity (Wildman–Crippen MR) is 115 cm³/mol. The van der Waals surface area contributed by atoms with Crippen LogP contribution < -0.4 is 5.32 Å². The largest absolute Gasteiger partial charge is 0.347 e. The Hall–Kier alpha value is -3.19. The molecule has 1 aliphatic heterocycles. The Morgan fingerprint density at radius 1 is 0.967 bits per heavy atom. The molecule has 0 bridgehead atoms. The second kappa shape index (κ2) is 9.09. The lowest BCUT2D eigenvalue weighted by molar-refractivity contribution is -0.133. The molecule has 0 saturated carbocycles. The molecule has 156 valence electrons. The van der Waals surface area contributed by atoms with Crippen LogP contribution in [0.4, 0.5) is 10.1 Å². The number of carbonyl (C=O) groups excluding carboxylic acids is 2. The number of piperazine rings is 1. The smallest absolute Gasteiger partial charge is 0.238 e. The molecule has 2 heterocycles. The fourth-order valence-corrected chi connectivity index (χ4v) is 3.84. The van der Waals surface area contributed by atoms with Gasteiger partial charge in [0, 0.05) is 56.5 Å². The molecule has 1 saturated heterocycles. The summed E-state index contributed by atoms with van der Waals surface area (Å²) >= 11 is 0. The van der Waals surface area contributed by atoms with E-state index in [1.54, 1.807) is 12.1 Å². The van der Waals surface area contributed by atoms with Gasteiger partial charge in [-0.15, -0.1) is 0 Å². The molecule has 0 atom stereocenters. The van der Waals surface area contributed by atoms with Crippen LogP contribution in [0.3, 0.4) is 0 Å². The molecule has 3 aromatic rings. The highest BCUT2D eigenvalue weighted by molar-refractivity contribution is 5.92. The summed E-state index contributed by atoms with van der Waals surface area (Å²) in [5, 5.41) is 3.89. The number of para-hydroxylation sites is 1. The zero-order valence-corrected chi connectivity index (χ0v) is 16.8. The molecule has 1 aromatic heterocycles. The van der Waals surface area contributed by atoms with Gasteiger partial charge in [-0.3, -0.25) is 14.5 Å². The van der Waals surface area contributed by atoms with Crippen molar-refractivity contribution in [3.05, 3.63) is 66.6 Å². The van der Waals surface area contributed by atoms with E-state index in [-0.39, 0.29) is 24.2 Å². The van der Waals surface area contributed by atoms with Crippen LogP contribution in [0.2, 0.25) is 0 Å². The molecule has 6 nitrogen and oxygen atoms in total. The number of hydrogen-bond acceptors (Lipinski definition) is 3. The standard InChI is InChI=1S/C23H25FN4O2/c24-19-5-3-6-20(16-19)25-22(29)17-26-12-14-28(15-13-26)23(30)9-11-27-10-8-18-4-1-2-7-21(18)27/h1-8,10,16H,9,11-15,17H2,(H,25,29). The normalized spacial score (nSPS) is 14.8. The van der Waals surface area contributed by atoms with Gasteiger partial charge < -0.3 is 14.8 Å². The van der Waals surface area contributed by atoms with E-state index in [4.69, 9.17) is 0 Å².